The number of carbonyl (C=O) groups is 2. The van der Waals surface area contributed by atoms with Gasteiger partial charge in [-0.3, -0.25) is 19.5 Å². The molecular weight excluding hydrogens is 502 g/mol. The fourth-order valence-corrected chi connectivity index (χ4v) is 5.54. The Labute approximate surface area is 213 Å². The van der Waals surface area contributed by atoms with Crippen molar-refractivity contribution in [3.8, 4) is 5.75 Å². The van der Waals surface area contributed by atoms with Gasteiger partial charge < -0.3 is 14.3 Å². The lowest BCUT2D eigenvalue weighted by atomic mass is 9.96. The van der Waals surface area contributed by atoms with Crippen molar-refractivity contribution in [3.63, 3.8) is 0 Å². The number of fused-ring (bicyclic) bond motifs is 2. The standard InChI is InChI=1S/C26H16ClN3O5S/c1-34-18-11-15(27)9-14-10-17(35-24(14)18)22(31)20-21(13-5-4-8-28-12-13)30(25(33)23(20)32)26-29-16-6-2-3-7-19(16)36-26/h2-12,21,32H,1H3. The first-order valence-electron chi connectivity index (χ1n) is 10.8. The second kappa shape index (κ2) is 8.47. The van der Waals surface area contributed by atoms with Gasteiger partial charge in [0.1, 0.15) is 0 Å². The van der Waals surface area contributed by atoms with E-state index in [1.54, 1.807) is 36.7 Å². The summed E-state index contributed by atoms with van der Waals surface area (Å²) in [4.78, 5) is 37.2. The van der Waals surface area contributed by atoms with Gasteiger partial charge in [-0.2, -0.15) is 0 Å². The van der Waals surface area contributed by atoms with E-state index in [2.05, 4.69) is 9.97 Å². The van der Waals surface area contributed by atoms with Crippen molar-refractivity contribution in [1.29, 1.82) is 0 Å². The van der Waals surface area contributed by atoms with Gasteiger partial charge in [-0.15, -0.1) is 0 Å². The molecule has 0 aliphatic carbocycles. The lowest BCUT2D eigenvalue weighted by Crippen LogP contribution is -2.31. The molecule has 3 aromatic heterocycles. The number of hydrogen-bond acceptors (Lipinski definition) is 8. The maximum Gasteiger partial charge on any atom is 0.296 e. The number of aliphatic hydroxyl groups is 1. The molecule has 10 heteroatoms. The molecule has 1 unspecified atom stereocenters. The number of para-hydroxylation sites is 1. The highest BCUT2D eigenvalue weighted by Crippen LogP contribution is 2.44. The minimum atomic E-state index is -0.960. The van der Waals surface area contributed by atoms with Crippen molar-refractivity contribution >= 4 is 60.9 Å². The molecule has 1 amide bonds. The van der Waals surface area contributed by atoms with E-state index in [1.807, 2.05) is 24.3 Å². The quantitative estimate of drug-likeness (QED) is 0.290. The van der Waals surface area contributed by atoms with Crippen molar-refractivity contribution in [2.45, 2.75) is 6.04 Å². The molecule has 0 bridgehead atoms. The SMILES string of the molecule is COc1cc(Cl)cc2cc(C(=O)C3=C(O)C(=O)N(c4nc5ccccc5s4)C3c3cccnc3)oc12. The minimum absolute atomic E-state index is 0.0695. The predicted molar refractivity (Wildman–Crippen MR) is 136 cm³/mol. The highest BCUT2D eigenvalue weighted by atomic mass is 35.5. The normalized spacial score (nSPS) is 15.9. The second-order valence-electron chi connectivity index (χ2n) is 8.06. The number of nitrogens with zero attached hydrogens (tertiary/aromatic N) is 3. The van der Waals surface area contributed by atoms with Crippen LogP contribution in [0, 0.1) is 0 Å². The number of anilines is 1. The number of benzene rings is 2. The number of rotatable bonds is 5. The third-order valence-corrected chi connectivity index (χ3v) is 7.19. The van der Waals surface area contributed by atoms with Crippen molar-refractivity contribution in [1.82, 2.24) is 9.97 Å². The number of furan rings is 1. The number of halogens is 1. The lowest BCUT2D eigenvalue weighted by Gasteiger charge is -2.23. The summed E-state index contributed by atoms with van der Waals surface area (Å²) in [6.07, 6.45) is 3.13. The van der Waals surface area contributed by atoms with E-state index in [4.69, 9.17) is 20.8 Å². The Morgan fingerprint density at radius 2 is 2.03 bits per heavy atom. The third kappa shape index (κ3) is 3.43. The van der Waals surface area contributed by atoms with Crippen LogP contribution in [0.15, 0.2) is 82.7 Å². The molecule has 8 nitrogen and oxygen atoms in total. The summed E-state index contributed by atoms with van der Waals surface area (Å²) in [5.74, 6) is -1.76. The average molecular weight is 518 g/mol. The third-order valence-electron chi connectivity index (χ3n) is 5.93. The number of hydrogen-bond donors (Lipinski definition) is 1. The van der Waals surface area contributed by atoms with Crippen molar-refractivity contribution in [2.75, 3.05) is 12.0 Å². The number of methoxy groups -OCH3 is 1. The monoisotopic (exact) mass is 517 g/mol. The molecule has 1 aliphatic heterocycles. The number of ketones is 1. The zero-order valence-corrected chi connectivity index (χ0v) is 20.2. The maximum absolute atomic E-state index is 13.8. The molecule has 36 heavy (non-hydrogen) atoms. The summed E-state index contributed by atoms with van der Waals surface area (Å²) in [7, 11) is 1.47. The number of amides is 1. The van der Waals surface area contributed by atoms with Crippen LogP contribution in [0.4, 0.5) is 5.13 Å². The number of thiazole rings is 1. The van der Waals surface area contributed by atoms with E-state index < -0.39 is 23.5 Å². The van der Waals surface area contributed by atoms with Gasteiger partial charge in [-0.25, -0.2) is 4.98 Å². The van der Waals surface area contributed by atoms with E-state index >= 15 is 0 Å². The van der Waals surface area contributed by atoms with E-state index in [1.165, 1.54) is 29.4 Å². The fourth-order valence-electron chi connectivity index (χ4n) is 4.33. The summed E-state index contributed by atoms with van der Waals surface area (Å²) in [5, 5.41) is 12.3. The Balaban J connectivity index is 1.50. The van der Waals surface area contributed by atoms with Gasteiger partial charge >= 0.3 is 0 Å². The molecule has 4 heterocycles. The molecule has 0 fully saturated rings. The van der Waals surface area contributed by atoms with Gasteiger partial charge in [0.25, 0.3) is 5.91 Å². The number of aromatic nitrogens is 2. The van der Waals surface area contributed by atoms with Gasteiger partial charge in [0.2, 0.25) is 5.78 Å². The van der Waals surface area contributed by atoms with Crippen molar-refractivity contribution in [2.24, 2.45) is 0 Å². The molecule has 2 aromatic carbocycles. The smallest absolute Gasteiger partial charge is 0.296 e. The van der Waals surface area contributed by atoms with E-state index in [0.717, 1.165) is 4.70 Å². The largest absolute Gasteiger partial charge is 0.503 e. The van der Waals surface area contributed by atoms with E-state index in [9.17, 15) is 14.7 Å². The van der Waals surface area contributed by atoms with Crippen LogP contribution in [0.5, 0.6) is 5.75 Å². The van der Waals surface area contributed by atoms with Crippen LogP contribution >= 0.6 is 22.9 Å². The number of pyridine rings is 1. The summed E-state index contributed by atoms with van der Waals surface area (Å²) in [5.41, 5.74) is 1.44. The predicted octanol–water partition coefficient (Wildman–Crippen LogP) is 5.88. The van der Waals surface area contributed by atoms with Crippen LogP contribution in [0.25, 0.3) is 21.2 Å². The summed E-state index contributed by atoms with van der Waals surface area (Å²) < 4.78 is 12.0. The van der Waals surface area contributed by atoms with Crippen molar-refractivity contribution in [3.05, 3.63) is 94.7 Å². The molecule has 1 aliphatic rings. The Morgan fingerprint density at radius 3 is 2.78 bits per heavy atom. The molecule has 0 radical (unpaired) electrons. The number of Topliss-reactive ketones (excluding diaryl/α,β-unsaturated/α-hetero) is 1. The molecule has 0 saturated heterocycles. The Bertz CT molecular complexity index is 1680. The van der Waals surface area contributed by atoms with Crippen LogP contribution < -0.4 is 9.64 Å². The lowest BCUT2D eigenvalue weighted by molar-refractivity contribution is -0.117. The summed E-state index contributed by atoms with van der Waals surface area (Å²) in [6, 6.07) is 14.6. The highest BCUT2D eigenvalue weighted by Gasteiger charge is 2.46. The van der Waals surface area contributed by atoms with Gasteiger partial charge in [-0.05, 0) is 35.9 Å². The molecule has 5 aromatic rings. The Kier molecular flexibility index (Phi) is 5.24. The second-order valence-corrected chi connectivity index (χ2v) is 9.50. The van der Waals surface area contributed by atoms with E-state index in [-0.39, 0.29) is 11.3 Å². The Morgan fingerprint density at radius 1 is 1.19 bits per heavy atom. The van der Waals surface area contributed by atoms with Crippen LogP contribution in [0.1, 0.15) is 22.2 Å². The first-order chi connectivity index (χ1) is 17.5. The first-order valence-corrected chi connectivity index (χ1v) is 12.0. The summed E-state index contributed by atoms with van der Waals surface area (Å²) in [6.45, 7) is 0. The number of ether oxygens (including phenoxy) is 1. The number of carbonyl (C=O) groups excluding carboxylic acids is 2. The van der Waals surface area contributed by atoms with Crippen LogP contribution in [-0.2, 0) is 4.79 Å². The van der Waals surface area contributed by atoms with Crippen LogP contribution in [0.3, 0.4) is 0 Å². The van der Waals surface area contributed by atoms with Crippen LogP contribution in [0.2, 0.25) is 5.02 Å². The van der Waals surface area contributed by atoms with E-state index in [0.29, 0.717) is 38.0 Å². The van der Waals surface area contributed by atoms with Crippen LogP contribution in [-0.4, -0.2) is 33.9 Å². The molecule has 6 rings (SSSR count). The molecule has 178 valence electrons. The molecule has 1 N–H and O–H groups in total. The zero-order valence-electron chi connectivity index (χ0n) is 18.6. The van der Waals surface area contributed by atoms with Gasteiger partial charge in [-0.1, -0.05) is 41.1 Å². The molecular formula is C26H16ClN3O5S. The Hall–Kier alpha value is -4.21. The van der Waals surface area contributed by atoms with Gasteiger partial charge in [0.15, 0.2) is 28.0 Å². The van der Waals surface area contributed by atoms with Gasteiger partial charge in [0, 0.05) is 28.9 Å². The van der Waals surface area contributed by atoms with Gasteiger partial charge in [0.05, 0.1) is 28.9 Å². The topological polar surface area (TPSA) is 106 Å². The maximum atomic E-state index is 13.8. The summed E-state index contributed by atoms with van der Waals surface area (Å²) >= 11 is 7.45. The average Bonchev–Trinajstić information content (AvgIpc) is 3.58. The zero-order chi connectivity index (χ0) is 25.0. The highest BCUT2D eigenvalue weighted by molar-refractivity contribution is 7.22. The number of aliphatic hydroxyl groups excluding tert-OH is 1. The molecule has 0 saturated carbocycles. The minimum Gasteiger partial charge on any atom is -0.503 e. The molecule has 0 spiro atoms. The first kappa shape index (κ1) is 22.3. The fraction of sp³-hybridized carbons (Fsp3) is 0.0769. The van der Waals surface area contributed by atoms with Crippen molar-refractivity contribution < 1.29 is 23.8 Å². The molecule has 1 atom stereocenters.